The van der Waals surface area contributed by atoms with E-state index in [1.54, 1.807) is 7.11 Å². The first-order valence-corrected chi connectivity index (χ1v) is 5.89. The molecule has 0 bridgehead atoms. The van der Waals surface area contributed by atoms with Gasteiger partial charge in [0.05, 0.1) is 11.2 Å². The van der Waals surface area contributed by atoms with Crippen molar-refractivity contribution in [1.29, 1.82) is 0 Å². The lowest BCUT2D eigenvalue weighted by Gasteiger charge is -2.39. The molecular weight excluding hydrogens is 234 g/mol. The van der Waals surface area contributed by atoms with Crippen LogP contribution in [0.3, 0.4) is 0 Å². The predicted molar refractivity (Wildman–Crippen MR) is 65.9 cm³/mol. The molecule has 1 aromatic rings. The van der Waals surface area contributed by atoms with Crippen molar-refractivity contribution in [3.63, 3.8) is 0 Å². The summed E-state index contributed by atoms with van der Waals surface area (Å²) in [6.07, 6.45) is 4.69. The van der Waals surface area contributed by atoms with E-state index in [0.717, 1.165) is 25.9 Å². The molecule has 0 aliphatic carbocycles. The number of carboxylic acids is 1. The van der Waals surface area contributed by atoms with E-state index in [1.807, 2.05) is 4.90 Å². The Morgan fingerprint density at radius 1 is 1.50 bits per heavy atom. The van der Waals surface area contributed by atoms with Gasteiger partial charge in [-0.3, -0.25) is 0 Å². The second-order valence-electron chi connectivity index (χ2n) is 4.76. The second-order valence-corrected chi connectivity index (χ2v) is 4.76. The first-order valence-electron chi connectivity index (χ1n) is 5.89. The Morgan fingerprint density at radius 2 is 2.17 bits per heavy atom. The third kappa shape index (κ3) is 2.59. The fourth-order valence-corrected chi connectivity index (χ4v) is 2.14. The van der Waals surface area contributed by atoms with E-state index >= 15 is 0 Å². The largest absolute Gasteiger partial charge is 0.478 e. The first kappa shape index (κ1) is 12.8. The maximum absolute atomic E-state index is 10.7. The van der Waals surface area contributed by atoms with Crippen molar-refractivity contribution < 1.29 is 14.6 Å². The van der Waals surface area contributed by atoms with Crippen molar-refractivity contribution in [3.8, 4) is 0 Å². The fraction of sp³-hybridized carbons (Fsp3) is 0.583. The van der Waals surface area contributed by atoms with Gasteiger partial charge in [-0.1, -0.05) is 0 Å². The molecule has 6 nitrogen and oxygen atoms in total. The lowest BCUT2D eigenvalue weighted by Crippen LogP contribution is -2.48. The molecule has 0 saturated carbocycles. The number of ether oxygens (including phenoxy) is 1. The van der Waals surface area contributed by atoms with Crippen molar-refractivity contribution >= 4 is 11.9 Å². The molecule has 1 aliphatic heterocycles. The van der Waals surface area contributed by atoms with Gasteiger partial charge in [-0.2, -0.15) is 0 Å². The molecule has 0 spiro atoms. The summed E-state index contributed by atoms with van der Waals surface area (Å²) < 4.78 is 5.50. The second kappa shape index (κ2) is 4.89. The van der Waals surface area contributed by atoms with Crippen LogP contribution >= 0.6 is 0 Å². The van der Waals surface area contributed by atoms with Crippen LogP contribution in [0.4, 0.5) is 5.95 Å². The lowest BCUT2D eigenvalue weighted by atomic mass is 9.95. The summed E-state index contributed by atoms with van der Waals surface area (Å²) in [5.74, 6) is -0.454. The van der Waals surface area contributed by atoms with Gasteiger partial charge < -0.3 is 14.7 Å². The van der Waals surface area contributed by atoms with Gasteiger partial charge in [0.1, 0.15) is 0 Å². The summed E-state index contributed by atoms with van der Waals surface area (Å²) in [6, 6.07) is 0. The minimum absolute atomic E-state index is 0.102. The Hall–Kier alpha value is -1.69. The van der Waals surface area contributed by atoms with Crippen molar-refractivity contribution in [3.05, 3.63) is 18.0 Å². The normalized spacial score (nSPS) is 24.0. The average Bonchev–Trinajstić information content (AvgIpc) is 2.39. The van der Waals surface area contributed by atoms with Gasteiger partial charge in [0, 0.05) is 32.6 Å². The number of rotatable bonds is 3. The van der Waals surface area contributed by atoms with Crippen molar-refractivity contribution in [2.45, 2.75) is 25.4 Å². The highest BCUT2D eigenvalue weighted by molar-refractivity contribution is 5.86. The van der Waals surface area contributed by atoms with Crippen molar-refractivity contribution in [1.82, 2.24) is 9.97 Å². The molecule has 1 aliphatic rings. The van der Waals surface area contributed by atoms with Crippen molar-refractivity contribution in [2.24, 2.45) is 0 Å². The number of carboxylic acid groups (broad SMARTS) is 1. The highest BCUT2D eigenvalue weighted by Crippen LogP contribution is 2.25. The number of aromatic nitrogens is 2. The number of aromatic carboxylic acids is 1. The van der Waals surface area contributed by atoms with Gasteiger partial charge in [-0.15, -0.1) is 0 Å². The Kier molecular flexibility index (Phi) is 3.47. The zero-order chi connectivity index (χ0) is 13.2. The molecule has 18 heavy (non-hydrogen) atoms. The number of hydrogen-bond acceptors (Lipinski definition) is 5. The SMILES string of the molecule is COC1(C)CCCN(c2ncc(C(=O)O)cn2)C1. The van der Waals surface area contributed by atoms with E-state index in [-0.39, 0.29) is 11.2 Å². The minimum Gasteiger partial charge on any atom is -0.478 e. The van der Waals surface area contributed by atoms with E-state index in [0.29, 0.717) is 5.95 Å². The Morgan fingerprint density at radius 3 is 2.72 bits per heavy atom. The highest BCUT2D eigenvalue weighted by Gasteiger charge is 2.31. The fourth-order valence-electron chi connectivity index (χ4n) is 2.14. The zero-order valence-corrected chi connectivity index (χ0v) is 10.6. The van der Waals surface area contributed by atoms with Crippen LogP contribution in [0.2, 0.25) is 0 Å². The standard InChI is InChI=1S/C12H17N3O3/c1-12(18-2)4-3-5-15(8-12)11-13-6-9(7-14-11)10(16)17/h6-7H,3-5,8H2,1-2H3,(H,16,17). The van der Waals surface area contributed by atoms with E-state index in [2.05, 4.69) is 16.9 Å². The van der Waals surface area contributed by atoms with Gasteiger partial charge in [0.25, 0.3) is 0 Å². The van der Waals surface area contributed by atoms with Crippen LogP contribution < -0.4 is 4.90 Å². The summed E-state index contributed by atoms with van der Waals surface area (Å²) in [7, 11) is 1.71. The maximum atomic E-state index is 10.7. The summed E-state index contributed by atoms with van der Waals surface area (Å²) in [6.45, 7) is 3.64. The third-order valence-electron chi connectivity index (χ3n) is 3.32. The van der Waals surface area contributed by atoms with Gasteiger partial charge >= 0.3 is 5.97 Å². The molecule has 1 unspecified atom stereocenters. The topological polar surface area (TPSA) is 75.5 Å². The zero-order valence-electron chi connectivity index (χ0n) is 10.6. The molecule has 1 saturated heterocycles. The van der Waals surface area contributed by atoms with Crippen LogP contribution in [0.15, 0.2) is 12.4 Å². The van der Waals surface area contributed by atoms with Crippen molar-refractivity contribution in [2.75, 3.05) is 25.1 Å². The molecule has 1 atom stereocenters. The maximum Gasteiger partial charge on any atom is 0.338 e. The van der Waals surface area contributed by atoms with Crippen LogP contribution in [0, 0.1) is 0 Å². The summed E-state index contributed by atoms with van der Waals surface area (Å²) in [5.41, 5.74) is -0.0853. The van der Waals surface area contributed by atoms with E-state index in [9.17, 15) is 4.79 Å². The number of carbonyl (C=O) groups is 1. The molecular formula is C12H17N3O3. The van der Waals surface area contributed by atoms with Gasteiger partial charge in [0.2, 0.25) is 5.95 Å². The number of nitrogens with zero attached hydrogens (tertiary/aromatic N) is 3. The molecule has 0 aromatic carbocycles. The summed E-state index contributed by atoms with van der Waals surface area (Å²) >= 11 is 0. The quantitative estimate of drug-likeness (QED) is 0.869. The number of anilines is 1. The van der Waals surface area contributed by atoms with Gasteiger partial charge in [0.15, 0.2) is 0 Å². The molecule has 2 rings (SSSR count). The number of piperidine rings is 1. The van der Waals surface area contributed by atoms with E-state index in [1.165, 1.54) is 12.4 Å². The van der Waals surface area contributed by atoms with Crippen LogP contribution in [-0.2, 0) is 4.74 Å². The predicted octanol–water partition coefficient (Wildman–Crippen LogP) is 1.18. The van der Waals surface area contributed by atoms with Crippen LogP contribution in [0.25, 0.3) is 0 Å². The smallest absolute Gasteiger partial charge is 0.338 e. The molecule has 6 heteroatoms. The van der Waals surface area contributed by atoms with Crippen LogP contribution in [-0.4, -0.2) is 46.8 Å². The Bertz CT molecular complexity index is 435. The summed E-state index contributed by atoms with van der Waals surface area (Å²) in [4.78, 5) is 21.0. The molecule has 0 amide bonds. The van der Waals surface area contributed by atoms with E-state index < -0.39 is 5.97 Å². The van der Waals surface area contributed by atoms with Crippen LogP contribution in [0.5, 0.6) is 0 Å². The molecule has 1 N–H and O–H groups in total. The average molecular weight is 251 g/mol. The Balaban J connectivity index is 2.14. The number of methoxy groups -OCH3 is 1. The molecule has 1 fully saturated rings. The molecule has 98 valence electrons. The highest BCUT2D eigenvalue weighted by atomic mass is 16.5. The molecule has 0 radical (unpaired) electrons. The third-order valence-corrected chi connectivity index (χ3v) is 3.32. The lowest BCUT2D eigenvalue weighted by molar-refractivity contribution is -0.00499. The summed E-state index contributed by atoms with van der Waals surface area (Å²) in [5, 5.41) is 8.79. The Labute approximate surface area is 106 Å². The van der Waals surface area contributed by atoms with Crippen LogP contribution in [0.1, 0.15) is 30.1 Å². The van der Waals surface area contributed by atoms with Gasteiger partial charge in [-0.25, -0.2) is 14.8 Å². The van der Waals surface area contributed by atoms with Gasteiger partial charge in [-0.05, 0) is 19.8 Å². The monoisotopic (exact) mass is 251 g/mol. The molecule has 1 aromatic heterocycles. The molecule has 2 heterocycles. The van der Waals surface area contributed by atoms with E-state index in [4.69, 9.17) is 9.84 Å². The number of hydrogen-bond donors (Lipinski definition) is 1. The minimum atomic E-state index is -1.01. The first-order chi connectivity index (χ1) is 8.54.